The summed E-state index contributed by atoms with van der Waals surface area (Å²) in [7, 11) is 1.47. The maximum atomic E-state index is 13.1. The molecule has 1 unspecified atom stereocenters. The predicted molar refractivity (Wildman–Crippen MR) is 131 cm³/mol. The zero-order valence-corrected chi connectivity index (χ0v) is 20.4. The molecule has 0 bridgehead atoms. The number of carbonyl (C=O) groups is 4. The van der Waals surface area contributed by atoms with Gasteiger partial charge in [-0.2, -0.15) is 0 Å². The van der Waals surface area contributed by atoms with Crippen molar-refractivity contribution in [3.8, 4) is 11.5 Å². The number of thioether (sulfide) groups is 1. The van der Waals surface area contributed by atoms with Crippen molar-refractivity contribution in [3.05, 3.63) is 64.3 Å². The van der Waals surface area contributed by atoms with Crippen LogP contribution in [0.2, 0.25) is 0 Å². The molecule has 2 aliphatic rings. The number of aliphatic carboxylic acids is 1. The second-order valence-corrected chi connectivity index (χ2v) is 9.48. The molecule has 186 valence electrons. The molecule has 36 heavy (non-hydrogen) atoms. The Kier molecular flexibility index (Phi) is 7.36. The van der Waals surface area contributed by atoms with Crippen molar-refractivity contribution in [1.29, 1.82) is 0 Å². The molecule has 0 aromatic heterocycles. The van der Waals surface area contributed by atoms with Crippen molar-refractivity contribution >= 4 is 58.1 Å². The van der Waals surface area contributed by atoms with Crippen molar-refractivity contribution < 1.29 is 38.1 Å². The minimum atomic E-state index is -1.33. The van der Waals surface area contributed by atoms with E-state index in [1.165, 1.54) is 19.2 Å². The molecule has 2 fully saturated rings. The first-order valence-corrected chi connectivity index (χ1v) is 11.8. The van der Waals surface area contributed by atoms with Gasteiger partial charge in [0, 0.05) is 0 Å². The quantitative estimate of drug-likeness (QED) is 0.313. The van der Waals surface area contributed by atoms with Crippen LogP contribution < -0.4 is 9.47 Å². The number of halogens is 1. The lowest BCUT2D eigenvalue weighted by atomic mass is 10.1. The summed E-state index contributed by atoms with van der Waals surface area (Å²) in [6.07, 6.45) is 1.24. The van der Waals surface area contributed by atoms with E-state index >= 15 is 0 Å². The molecule has 12 heteroatoms. The summed E-state index contributed by atoms with van der Waals surface area (Å²) >= 11 is 6.26. The lowest BCUT2D eigenvalue weighted by Gasteiger charge is -2.20. The van der Waals surface area contributed by atoms with Gasteiger partial charge in [0.1, 0.15) is 29.3 Å². The number of ether oxygens (including phenoxy) is 2. The molecular weight excluding hydrogens is 511 g/mol. The lowest BCUT2D eigenvalue weighted by Crippen LogP contribution is -2.45. The maximum absolute atomic E-state index is 13.1. The van der Waals surface area contributed by atoms with Crippen LogP contribution in [-0.2, 0) is 25.8 Å². The number of hydrogen-bond acceptors (Lipinski definition) is 8. The number of imide groups is 1. The smallest absolute Gasteiger partial charge is 0.323 e. The highest BCUT2D eigenvalue weighted by molar-refractivity contribution is 8.26. The van der Waals surface area contributed by atoms with Crippen molar-refractivity contribution in [2.45, 2.75) is 19.1 Å². The molecule has 1 atom stereocenters. The van der Waals surface area contributed by atoms with E-state index < -0.39 is 36.3 Å². The molecular formula is C24H19FN2O7S2. The van der Waals surface area contributed by atoms with E-state index in [2.05, 4.69) is 0 Å². The highest BCUT2D eigenvalue weighted by Crippen LogP contribution is 2.37. The third kappa shape index (κ3) is 5.24. The number of thiocarbonyl (C=S) groups is 1. The standard InChI is InChI=1S/C24H19FN2O7S2/c1-33-18-8-14(4-7-17(18)34-12-13-2-5-15(25)6-3-13)9-19-23(32)27(24(35)36-19)16-10-20(28)26(22(16)31)11-21(29)30/h2-9,16H,10-12H2,1H3,(H,29,30)/b19-9-. The Morgan fingerprint density at radius 2 is 1.92 bits per heavy atom. The fraction of sp³-hybridized carbons (Fsp3) is 0.208. The van der Waals surface area contributed by atoms with E-state index in [0.29, 0.717) is 22.0 Å². The summed E-state index contributed by atoms with van der Waals surface area (Å²) in [6, 6.07) is 9.76. The minimum Gasteiger partial charge on any atom is -0.493 e. The third-order valence-electron chi connectivity index (χ3n) is 5.44. The molecule has 2 saturated heterocycles. The fourth-order valence-corrected chi connectivity index (χ4v) is 5.06. The minimum absolute atomic E-state index is 0.0980. The van der Waals surface area contributed by atoms with Gasteiger partial charge in [0.05, 0.1) is 18.4 Å². The van der Waals surface area contributed by atoms with Crippen molar-refractivity contribution in [2.24, 2.45) is 0 Å². The normalized spacial score (nSPS) is 18.9. The Morgan fingerprint density at radius 1 is 1.19 bits per heavy atom. The summed E-state index contributed by atoms with van der Waals surface area (Å²) in [4.78, 5) is 50.7. The van der Waals surface area contributed by atoms with Gasteiger partial charge in [-0.1, -0.05) is 42.2 Å². The maximum Gasteiger partial charge on any atom is 0.323 e. The van der Waals surface area contributed by atoms with Gasteiger partial charge in [0.15, 0.2) is 11.5 Å². The van der Waals surface area contributed by atoms with Gasteiger partial charge in [-0.25, -0.2) is 4.39 Å². The molecule has 0 saturated carbocycles. The summed E-state index contributed by atoms with van der Waals surface area (Å²) in [5.41, 5.74) is 1.37. The monoisotopic (exact) mass is 530 g/mol. The van der Waals surface area contributed by atoms with Gasteiger partial charge in [0.2, 0.25) is 5.91 Å². The number of hydrogen-bond donors (Lipinski definition) is 1. The fourth-order valence-electron chi connectivity index (χ4n) is 3.70. The third-order valence-corrected chi connectivity index (χ3v) is 6.77. The number of carboxylic acids is 1. The van der Waals surface area contributed by atoms with Crippen molar-refractivity contribution in [1.82, 2.24) is 9.80 Å². The van der Waals surface area contributed by atoms with E-state index in [1.807, 2.05) is 0 Å². The van der Waals surface area contributed by atoms with Gasteiger partial charge in [0.25, 0.3) is 11.8 Å². The van der Waals surface area contributed by atoms with Crippen LogP contribution in [0, 0.1) is 5.82 Å². The zero-order valence-electron chi connectivity index (χ0n) is 18.8. The first-order valence-electron chi connectivity index (χ1n) is 10.6. The summed E-state index contributed by atoms with van der Waals surface area (Å²) in [6.45, 7) is -0.574. The van der Waals surface area contributed by atoms with E-state index in [-0.39, 0.29) is 28.1 Å². The Labute approximate surface area is 214 Å². The first-order chi connectivity index (χ1) is 17.2. The Hall–Kier alpha value is -3.77. The first kappa shape index (κ1) is 25.3. The number of likely N-dealkylation sites (tertiary alicyclic amines) is 1. The van der Waals surface area contributed by atoms with Gasteiger partial charge < -0.3 is 14.6 Å². The summed E-state index contributed by atoms with van der Waals surface area (Å²) in [5, 5.41) is 8.94. The molecule has 2 aliphatic heterocycles. The summed E-state index contributed by atoms with van der Waals surface area (Å²) in [5.74, 6) is -2.82. The average molecular weight is 531 g/mol. The second kappa shape index (κ2) is 10.5. The molecule has 2 aromatic rings. The molecule has 0 spiro atoms. The van der Waals surface area contributed by atoms with Crippen molar-refractivity contribution in [3.63, 3.8) is 0 Å². The van der Waals surface area contributed by atoms with Crippen LogP contribution in [0.15, 0.2) is 47.4 Å². The van der Waals surface area contributed by atoms with Crippen LogP contribution in [0.5, 0.6) is 11.5 Å². The van der Waals surface area contributed by atoms with Crippen LogP contribution in [0.25, 0.3) is 6.08 Å². The molecule has 9 nitrogen and oxygen atoms in total. The highest BCUT2D eigenvalue weighted by atomic mass is 32.2. The van der Waals surface area contributed by atoms with Crippen LogP contribution >= 0.6 is 24.0 Å². The molecule has 4 rings (SSSR count). The Morgan fingerprint density at radius 3 is 2.58 bits per heavy atom. The predicted octanol–water partition coefficient (Wildman–Crippen LogP) is 2.83. The number of amides is 3. The SMILES string of the molecule is COc1cc(/C=C2\SC(=S)N(C3CC(=O)N(CC(=O)O)C3=O)C2=O)ccc1OCc1ccc(F)cc1. The van der Waals surface area contributed by atoms with Gasteiger partial charge >= 0.3 is 5.97 Å². The molecule has 0 radical (unpaired) electrons. The molecule has 2 aromatic carbocycles. The van der Waals surface area contributed by atoms with Crippen LogP contribution in [0.4, 0.5) is 4.39 Å². The van der Waals surface area contributed by atoms with Crippen LogP contribution in [0.1, 0.15) is 17.5 Å². The van der Waals surface area contributed by atoms with E-state index in [4.69, 9.17) is 26.8 Å². The number of benzene rings is 2. The van der Waals surface area contributed by atoms with Crippen molar-refractivity contribution in [2.75, 3.05) is 13.7 Å². The van der Waals surface area contributed by atoms with Crippen LogP contribution in [-0.4, -0.2) is 62.6 Å². The van der Waals surface area contributed by atoms with Gasteiger partial charge in [-0.05, 0) is 41.5 Å². The topological polar surface area (TPSA) is 113 Å². The number of nitrogens with zero attached hydrogens (tertiary/aromatic N) is 2. The highest BCUT2D eigenvalue weighted by Gasteiger charge is 2.48. The number of carbonyl (C=O) groups excluding carboxylic acids is 3. The van der Waals surface area contributed by atoms with Gasteiger partial charge in [-0.3, -0.25) is 29.0 Å². The lowest BCUT2D eigenvalue weighted by molar-refractivity contribution is -0.149. The average Bonchev–Trinajstić information content (AvgIpc) is 3.27. The Balaban J connectivity index is 1.50. The molecule has 0 aliphatic carbocycles. The van der Waals surface area contributed by atoms with Crippen LogP contribution in [0.3, 0.4) is 0 Å². The van der Waals surface area contributed by atoms with E-state index in [9.17, 15) is 23.6 Å². The van der Waals surface area contributed by atoms with E-state index in [0.717, 1.165) is 22.2 Å². The number of rotatable bonds is 8. The van der Waals surface area contributed by atoms with E-state index in [1.54, 1.807) is 36.4 Å². The molecule has 2 heterocycles. The Bertz CT molecular complexity index is 1300. The zero-order chi connectivity index (χ0) is 26.0. The van der Waals surface area contributed by atoms with Gasteiger partial charge in [-0.15, -0.1) is 0 Å². The largest absolute Gasteiger partial charge is 0.493 e. The molecule has 3 amide bonds. The number of carboxylic acid groups (broad SMARTS) is 1. The summed E-state index contributed by atoms with van der Waals surface area (Å²) < 4.78 is 24.4. The second-order valence-electron chi connectivity index (χ2n) is 7.81. The molecule has 1 N–H and O–H groups in total. The number of methoxy groups -OCH3 is 1.